The van der Waals surface area contributed by atoms with E-state index in [2.05, 4.69) is 41.9 Å². The highest BCUT2D eigenvalue weighted by molar-refractivity contribution is 7.46. The molecule has 2 saturated heterocycles. The van der Waals surface area contributed by atoms with E-state index in [1.54, 1.807) is 0 Å². The second-order valence-electron chi connectivity index (χ2n) is 10.3. The van der Waals surface area contributed by atoms with Crippen molar-refractivity contribution in [2.45, 2.75) is 63.6 Å². The van der Waals surface area contributed by atoms with Crippen molar-refractivity contribution in [3.63, 3.8) is 0 Å². The molecule has 0 bridgehead atoms. The second-order valence-corrected chi connectivity index (χ2v) is 11.5. The minimum Gasteiger partial charge on any atom is -0.421 e. The van der Waals surface area contributed by atoms with Crippen molar-refractivity contribution in [2.75, 3.05) is 19.9 Å². The fourth-order valence-corrected chi connectivity index (χ4v) is 5.70. The molecule has 206 valence electrons. The number of carbonyl (C=O) groups excluding carboxylic acids is 2. The van der Waals surface area contributed by atoms with Gasteiger partial charge in [-0.05, 0) is 51.2 Å². The molecule has 11 heteroatoms. The van der Waals surface area contributed by atoms with Crippen LogP contribution in [0.4, 0.5) is 4.79 Å². The molecule has 2 aliphatic rings. The standard InChI is InChI=1S/C27H35N2O8P/c1-19-13-20(2)15-22(14-19)21(3)35-17-27(23-7-5-4-6-8-23)12-11-26(16-28-27)10-9-24(30)29(26)25(31)36-18-37-38(32,33)34/h4-8,13-15,21,28H,9-12,16-18H2,1-3H3,(H2,32,33,34)/t21-,26-,27-/m1/s1. The zero-order valence-corrected chi connectivity index (χ0v) is 22.8. The highest BCUT2D eigenvalue weighted by atomic mass is 31.2. The number of rotatable bonds is 8. The molecule has 2 heterocycles. The van der Waals surface area contributed by atoms with E-state index in [0.717, 1.165) is 16.0 Å². The van der Waals surface area contributed by atoms with Gasteiger partial charge in [0.25, 0.3) is 0 Å². The molecule has 0 unspecified atom stereocenters. The molecular weight excluding hydrogens is 511 g/mol. The maximum atomic E-state index is 12.8. The summed E-state index contributed by atoms with van der Waals surface area (Å²) >= 11 is 0. The number of nitrogens with one attached hydrogen (secondary N) is 1. The van der Waals surface area contributed by atoms with E-state index in [-0.39, 0.29) is 18.4 Å². The molecule has 3 N–H and O–H groups in total. The van der Waals surface area contributed by atoms with E-state index in [1.165, 1.54) is 11.1 Å². The van der Waals surface area contributed by atoms with Gasteiger partial charge in [-0.2, -0.15) is 0 Å². The van der Waals surface area contributed by atoms with E-state index in [0.29, 0.717) is 32.4 Å². The lowest BCUT2D eigenvalue weighted by Crippen LogP contribution is -2.63. The summed E-state index contributed by atoms with van der Waals surface area (Å²) in [6.45, 7) is 5.92. The van der Waals surface area contributed by atoms with Gasteiger partial charge >= 0.3 is 13.9 Å². The Labute approximate surface area is 222 Å². The normalized spacial score (nSPS) is 24.6. The SMILES string of the molecule is Cc1cc(C)cc([C@@H](C)OC[C@@]2(c3ccccc3)CC[C@]3(CCC(=O)N3C(=O)OCOP(=O)(O)O)CN2)c1. The lowest BCUT2D eigenvalue weighted by atomic mass is 9.75. The summed E-state index contributed by atoms with van der Waals surface area (Å²) in [5, 5.41) is 3.61. The Morgan fingerprint density at radius 2 is 1.79 bits per heavy atom. The molecule has 0 aliphatic carbocycles. The minimum atomic E-state index is -4.81. The lowest BCUT2D eigenvalue weighted by Gasteiger charge is -2.48. The highest BCUT2D eigenvalue weighted by Gasteiger charge is 2.54. The van der Waals surface area contributed by atoms with Crippen LogP contribution < -0.4 is 5.32 Å². The first kappa shape index (κ1) is 28.4. The predicted molar refractivity (Wildman–Crippen MR) is 139 cm³/mol. The van der Waals surface area contributed by atoms with Crippen molar-refractivity contribution in [2.24, 2.45) is 0 Å². The van der Waals surface area contributed by atoms with E-state index < -0.39 is 31.8 Å². The molecule has 1 spiro atoms. The largest absolute Gasteiger partial charge is 0.472 e. The topological polar surface area (TPSA) is 135 Å². The van der Waals surface area contributed by atoms with Gasteiger partial charge in [-0.3, -0.25) is 4.79 Å². The summed E-state index contributed by atoms with van der Waals surface area (Å²) in [7, 11) is -4.81. The van der Waals surface area contributed by atoms with Crippen molar-refractivity contribution < 1.29 is 37.9 Å². The summed E-state index contributed by atoms with van der Waals surface area (Å²) in [6, 6.07) is 16.4. The highest BCUT2D eigenvalue weighted by Crippen LogP contribution is 2.43. The van der Waals surface area contributed by atoms with Gasteiger partial charge in [0, 0.05) is 13.0 Å². The fourth-order valence-electron chi connectivity index (χ4n) is 5.51. The van der Waals surface area contributed by atoms with Gasteiger partial charge in [0.15, 0.2) is 0 Å². The number of benzene rings is 2. The molecule has 2 amide bonds. The Bertz CT molecular complexity index is 1190. The molecule has 2 aliphatic heterocycles. The van der Waals surface area contributed by atoms with Crippen LogP contribution in [-0.2, 0) is 28.9 Å². The van der Waals surface area contributed by atoms with Crippen LogP contribution >= 0.6 is 7.82 Å². The van der Waals surface area contributed by atoms with Gasteiger partial charge < -0.3 is 24.6 Å². The quantitative estimate of drug-likeness (QED) is 0.328. The molecular formula is C27H35N2O8P. The van der Waals surface area contributed by atoms with E-state index in [4.69, 9.17) is 19.3 Å². The first-order valence-corrected chi connectivity index (χ1v) is 14.2. The van der Waals surface area contributed by atoms with Gasteiger partial charge in [0.1, 0.15) is 0 Å². The van der Waals surface area contributed by atoms with Crippen molar-refractivity contribution in [3.8, 4) is 0 Å². The fraction of sp³-hybridized carbons (Fsp3) is 0.481. The molecule has 4 rings (SSSR count). The number of nitrogens with zero attached hydrogens (tertiary/aromatic N) is 1. The average molecular weight is 547 g/mol. The van der Waals surface area contributed by atoms with Crippen molar-refractivity contribution >= 4 is 19.8 Å². The molecule has 3 atom stereocenters. The second kappa shape index (κ2) is 11.3. The number of likely N-dealkylation sites (tertiary alicyclic amines) is 1. The smallest absolute Gasteiger partial charge is 0.421 e. The number of phosphoric acid groups is 1. The number of imide groups is 1. The molecule has 0 aromatic heterocycles. The summed E-state index contributed by atoms with van der Waals surface area (Å²) < 4.78 is 26.5. The van der Waals surface area contributed by atoms with Crippen LogP contribution in [-0.4, -0.2) is 52.2 Å². The number of hydrogen-bond acceptors (Lipinski definition) is 7. The molecule has 2 fully saturated rings. The third-order valence-electron chi connectivity index (χ3n) is 7.51. The third kappa shape index (κ3) is 6.34. The number of amides is 2. The first-order valence-electron chi connectivity index (χ1n) is 12.6. The summed E-state index contributed by atoms with van der Waals surface area (Å²) in [5.74, 6) is -0.389. The molecule has 2 aromatic carbocycles. The number of phosphoric ester groups is 1. The van der Waals surface area contributed by atoms with Crippen molar-refractivity contribution in [3.05, 3.63) is 70.8 Å². The molecule has 0 radical (unpaired) electrons. The van der Waals surface area contributed by atoms with Crippen LogP contribution in [0.15, 0.2) is 48.5 Å². The Morgan fingerprint density at radius 3 is 2.39 bits per heavy atom. The maximum Gasteiger partial charge on any atom is 0.472 e. The van der Waals surface area contributed by atoms with Crippen LogP contribution in [0, 0.1) is 13.8 Å². The van der Waals surface area contributed by atoms with Crippen molar-refractivity contribution in [1.82, 2.24) is 10.2 Å². The zero-order valence-electron chi connectivity index (χ0n) is 21.9. The Hall–Kier alpha value is -2.59. The lowest BCUT2D eigenvalue weighted by molar-refractivity contribution is -0.131. The summed E-state index contributed by atoms with van der Waals surface area (Å²) in [6.07, 6.45) is 0.616. The first-order chi connectivity index (χ1) is 17.9. The molecule has 10 nitrogen and oxygen atoms in total. The van der Waals surface area contributed by atoms with E-state index >= 15 is 0 Å². The molecule has 0 saturated carbocycles. The number of hydrogen-bond donors (Lipinski definition) is 3. The Morgan fingerprint density at radius 1 is 1.11 bits per heavy atom. The van der Waals surface area contributed by atoms with Crippen LogP contribution in [0.25, 0.3) is 0 Å². The van der Waals surface area contributed by atoms with Crippen LogP contribution in [0.1, 0.15) is 61.0 Å². The number of ether oxygens (including phenoxy) is 2. The van der Waals surface area contributed by atoms with Crippen LogP contribution in [0.5, 0.6) is 0 Å². The van der Waals surface area contributed by atoms with Gasteiger partial charge in [0.2, 0.25) is 12.7 Å². The van der Waals surface area contributed by atoms with Gasteiger partial charge in [0.05, 0.1) is 23.8 Å². The Balaban J connectivity index is 1.50. The molecule has 2 aromatic rings. The Kier molecular flexibility index (Phi) is 8.42. The summed E-state index contributed by atoms with van der Waals surface area (Å²) in [4.78, 5) is 44.2. The van der Waals surface area contributed by atoms with Crippen LogP contribution in [0.3, 0.4) is 0 Å². The zero-order chi connectivity index (χ0) is 27.6. The number of piperidine rings is 1. The van der Waals surface area contributed by atoms with Crippen LogP contribution in [0.2, 0.25) is 0 Å². The number of aryl methyl sites for hydroxylation is 2. The summed E-state index contributed by atoms with van der Waals surface area (Å²) in [5.41, 5.74) is 3.16. The molecule has 38 heavy (non-hydrogen) atoms. The van der Waals surface area contributed by atoms with Crippen molar-refractivity contribution in [1.29, 1.82) is 0 Å². The predicted octanol–water partition coefficient (Wildman–Crippen LogP) is 4.22. The number of carbonyl (C=O) groups is 2. The van der Waals surface area contributed by atoms with Gasteiger partial charge in [-0.25, -0.2) is 18.8 Å². The maximum absolute atomic E-state index is 12.8. The van der Waals surface area contributed by atoms with Gasteiger partial charge in [-0.15, -0.1) is 0 Å². The minimum absolute atomic E-state index is 0.138. The van der Waals surface area contributed by atoms with Gasteiger partial charge in [-0.1, -0.05) is 59.7 Å². The average Bonchev–Trinajstić information content (AvgIpc) is 3.18. The monoisotopic (exact) mass is 546 g/mol. The third-order valence-corrected chi connectivity index (χ3v) is 7.95. The van der Waals surface area contributed by atoms with E-state index in [9.17, 15) is 14.2 Å². The van der Waals surface area contributed by atoms with E-state index in [1.807, 2.05) is 37.3 Å².